The normalized spacial score (nSPS) is 17.0. The van der Waals surface area contributed by atoms with Gasteiger partial charge in [-0.05, 0) is 35.9 Å². The fourth-order valence-corrected chi connectivity index (χ4v) is 3.90. The molecule has 2 N–H and O–H groups in total. The van der Waals surface area contributed by atoms with Gasteiger partial charge in [0.25, 0.3) is 0 Å². The molecule has 0 saturated carbocycles. The molecule has 0 aliphatic carbocycles. The van der Waals surface area contributed by atoms with Gasteiger partial charge in [0.15, 0.2) is 0 Å². The SMILES string of the molecule is COC(=O)[C@H](Cc1c[nH]c2ccccc12)NC(=O)C1CC(=O)N(c2ccc(F)cc2)C1. The predicted octanol–water partition coefficient (Wildman–Crippen LogP) is 2.56. The van der Waals surface area contributed by atoms with Gasteiger partial charge in [-0.15, -0.1) is 0 Å². The van der Waals surface area contributed by atoms with Gasteiger partial charge in [0.1, 0.15) is 11.9 Å². The number of H-pyrrole nitrogens is 1. The number of hydrogen-bond donors (Lipinski definition) is 2. The van der Waals surface area contributed by atoms with Crippen LogP contribution in [0, 0.1) is 11.7 Å². The number of benzene rings is 2. The fraction of sp³-hybridized carbons (Fsp3) is 0.261. The van der Waals surface area contributed by atoms with Gasteiger partial charge in [0, 0.05) is 42.2 Å². The van der Waals surface area contributed by atoms with E-state index >= 15 is 0 Å². The van der Waals surface area contributed by atoms with E-state index in [0.717, 1.165) is 16.5 Å². The summed E-state index contributed by atoms with van der Waals surface area (Å²) in [6.45, 7) is 0.164. The maximum absolute atomic E-state index is 13.2. The van der Waals surface area contributed by atoms with Crippen molar-refractivity contribution in [3.8, 4) is 0 Å². The van der Waals surface area contributed by atoms with Crippen LogP contribution in [0.3, 0.4) is 0 Å². The Hall–Kier alpha value is -3.68. The third kappa shape index (κ3) is 4.28. The van der Waals surface area contributed by atoms with E-state index in [-0.39, 0.29) is 25.3 Å². The molecular formula is C23H22FN3O4. The number of aromatic amines is 1. The van der Waals surface area contributed by atoms with Crippen molar-refractivity contribution in [3.05, 3.63) is 66.1 Å². The quantitative estimate of drug-likeness (QED) is 0.596. The third-order valence-electron chi connectivity index (χ3n) is 5.54. The molecule has 2 atom stereocenters. The lowest BCUT2D eigenvalue weighted by Crippen LogP contribution is -2.46. The number of amides is 2. The maximum atomic E-state index is 13.2. The number of rotatable bonds is 6. The van der Waals surface area contributed by atoms with Gasteiger partial charge in [-0.25, -0.2) is 9.18 Å². The van der Waals surface area contributed by atoms with Crippen molar-refractivity contribution in [3.63, 3.8) is 0 Å². The molecule has 1 aliphatic heterocycles. The number of esters is 1. The molecule has 0 radical (unpaired) electrons. The summed E-state index contributed by atoms with van der Waals surface area (Å²) in [7, 11) is 1.27. The molecule has 1 fully saturated rings. The molecule has 4 rings (SSSR count). The summed E-state index contributed by atoms with van der Waals surface area (Å²) in [6, 6.07) is 12.3. The molecule has 1 aromatic heterocycles. The topological polar surface area (TPSA) is 91.5 Å². The van der Waals surface area contributed by atoms with Gasteiger partial charge >= 0.3 is 5.97 Å². The van der Waals surface area contributed by atoms with Crippen molar-refractivity contribution in [2.45, 2.75) is 18.9 Å². The van der Waals surface area contributed by atoms with Gasteiger partial charge in [-0.1, -0.05) is 18.2 Å². The van der Waals surface area contributed by atoms with Crippen molar-refractivity contribution in [2.75, 3.05) is 18.6 Å². The fourth-order valence-electron chi connectivity index (χ4n) is 3.90. The van der Waals surface area contributed by atoms with Crippen LogP contribution in [0.2, 0.25) is 0 Å². The molecule has 1 saturated heterocycles. The second-order valence-corrected chi connectivity index (χ2v) is 7.53. The number of anilines is 1. The molecule has 2 aromatic carbocycles. The molecule has 2 amide bonds. The number of carbonyl (C=O) groups is 3. The Balaban J connectivity index is 1.47. The van der Waals surface area contributed by atoms with E-state index in [1.807, 2.05) is 30.5 Å². The van der Waals surface area contributed by atoms with Crippen molar-refractivity contribution in [2.24, 2.45) is 5.92 Å². The molecule has 7 nitrogen and oxygen atoms in total. The minimum Gasteiger partial charge on any atom is -0.467 e. The highest BCUT2D eigenvalue weighted by atomic mass is 19.1. The first kappa shape index (κ1) is 20.6. The number of hydrogen-bond acceptors (Lipinski definition) is 4. The number of aromatic nitrogens is 1. The number of fused-ring (bicyclic) bond motifs is 1. The zero-order chi connectivity index (χ0) is 22.0. The molecule has 0 spiro atoms. The number of nitrogens with zero attached hydrogens (tertiary/aromatic N) is 1. The van der Waals surface area contributed by atoms with Gasteiger partial charge in [-0.2, -0.15) is 0 Å². The van der Waals surface area contributed by atoms with E-state index in [1.54, 1.807) is 0 Å². The Morgan fingerprint density at radius 2 is 1.97 bits per heavy atom. The minimum absolute atomic E-state index is 0.0180. The predicted molar refractivity (Wildman–Crippen MR) is 113 cm³/mol. The third-order valence-corrected chi connectivity index (χ3v) is 5.54. The number of para-hydroxylation sites is 1. The highest BCUT2D eigenvalue weighted by Gasteiger charge is 2.37. The largest absolute Gasteiger partial charge is 0.467 e. The Kier molecular flexibility index (Phi) is 5.70. The summed E-state index contributed by atoms with van der Waals surface area (Å²) in [5.41, 5.74) is 2.34. The number of methoxy groups -OCH3 is 1. The highest BCUT2D eigenvalue weighted by molar-refractivity contribution is 6.01. The molecule has 8 heteroatoms. The molecule has 3 aromatic rings. The van der Waals surface area contributed by atoms with Gasteiger partial charge in [0.05, 0.1) is 13.0 Å². The molecule has 160 valence electrons. The van der Waals surface area contributed by atoms with Crippen LogP contribution in [0.4, 0.5) is 10.1 Å². The highest BCUT2D eigenvalue weighted by Crippen LogP contribution is 2.26. The molecule has 1 aliphatic rings. The van der Waals surface area contributed by atoms with Crippen LogP contribution in [0.1, 0.15) is 12.0 Å². The molecule has 1 unspecified atom stereocenters. The first-order valence-electron chi connectivity index (χ1n) is 9.95. The Morgan fingerprint density at radius 3 is 2.71 bits per heavy atom. The Morgan fingerprint density at radius 1 is 1.23 bits per heavy atom. The van der Waals surface area contributed by atoms with E-state index in [0.29, 0.717) is 5.69 Å². The van der Waals surface area contributed by atoms with E-state index in [4.69, 9.17) is 4.74 Å². The summed E-state index contributed by atoms with van der Waals surface area (Å²) >= 11 is 0. The number of carbonyl (C=O) groups excluding carboxylic acids is 3. The monoisotopic (exact) mass is 423 g/mol. The first-order valence-corrected chi connectivity index (χ1v) is 9.95. The van der Waals surface area contributed by atoms with Crippen molar-refractivity contribution < 1.29 is 23.5 Å². The van der Waals surface area contributed by atoms with Crippen molar-refractivity contribution in [1.29, 1.82) is 0 Å². The van der Waals surface area contributed by atoms with Crippen LogP contribution in [0.5, 0.6) is 0 Å². The van der Waals surface area contributed by atoms with Gasteiger partial charge in [0.2, 0.25) is 11.8 Å². The lowest BCUT2D eigenvalue weighted by molar-refractivity contribution is -0.145. The van der Waals surface area contributed by atoms with Crippen molar-refractivity contribution in [1.82, 2.24) is 10.3 Å². The summed E-state index contributed by atoms with van der Waals surface area (Å²) < 4.78 is 18.1. The summed E-state index contributed by atoms with van der Waals surface area (Å²) in [6.07, 6.45) is 2.08. The van der Waals surface area contributed by atoms with E-state index < -0.39 is 29.7 Å². The Labute approximate surface area is 178 Å². The zero-order valence-electron chi connectivity index (χ0n) is 16.9. The van der Waals surface area contributed by atoms with Crippen LogP contribution in [0.25, 0.3) is 10.9 Å². The van der Waals surface area contributed by atoms with E-state index in [1.165, 1.54) is 36.3 Å². The molecule has 2 heterocycles. The molecule has 31 heavy (non-hydrogen) atoms. The average molecular weight is 423 g/mol. The van der Waals surface area contributed by atoms with E-state index in [9.17, 15) is 18.8 Å². The summed E-state index contributed by atoms with van der Waals surface area (Å²) in [4.78, 5) is 42.2. The number of ether oxygens (including phenoxy) is 1. The first-order chi connectivity index (χ1) is 15.0. The Bertz CT molecular complexity index is 1130. The van der Waals surface area contributed by atoms with Crippen LogP contribution in [0.15, 0.2) is 54.7 Å². The van der Waals surface area contributed by atoms with Crippen LogP contribution >= 0.6 is 0 Å². The zero-order valence-corrected chi connectivity index (χ0v) is 16.9. The summed E-state index contributed by atoms with van der Waals surface area (Å²) in [5.74, 6) is -2.19. The number of nitrogens with one attached hydrogen (secondary N) is 2. The van der Waals surface area contributed by atoms with Crippen molar-refractivity contribution >= 4 is 34.4 Å². The smallest absolute Gasteiger partial charge is 0.328 e. The average Bonchev–Trinajstić information content (AvgIpc) is 3.37. The van der Waals surface area contributed by atoms with E-state index in [2.05, 4.69) is 10.3 Å². The lowest BCUT2D eigenvalue weighted by atomic mass is 10.0. The minimum atomic E-state index is -0.883. The second kappa shape index (κ2) is 8.59. The molecular weight excluding hydrogens is 401 g/mol. The van der Waals surface area contributed by atoms with Crippen LogP contribution in [-0.4, -0.2) is 42.5 Å². The molecule has 0 bridgehead atoms. The van der Waals surface area contributed by atoms with Crippen LogP contribution < -0.4 is 10.2 Å². The standard InChI is InChI=1S/C23H22FN3O4/c1-31-23(30)20(10-14-12-25-19-5-3-2-4-18(14)19)26-22(29)15-11-21(28)27(13-15)17-8-6-16(24)7-9-17/h2-9,12,15,20,25H,10-11,13H2,1H3,(H,26,29)/t15?,20-/m0/s1. The lowest BCUT2D eigenvalue weighted by Gasteiger charge is -2.19. The second-order valence-electron chi connectivity index (χ2n) is 7.53. The number of halogens is 1. The van der Waals surface area contributed by atoms with Gasteiger partial charge < -0.3 is 19.9 Å². The van der Waals surface area contributed by atoms with Crippen LogP contribution in [-0.2, 0) is 25.5 Å². The maximum Gasteiger partial charge on any atom is 0.328 e. The van der Waals surface area contributed by atoms with Gasteiger partial charge in [-0.3, -0.25) is 9.59 Å². The summed E-state index contributed by atoms with van der Waals surface area (Å²) in [5, 5.41) is 3.71.